The minimum absolute atomic E-state index is 0.0295. The van der Waals surface area contributed by atoms with E-state index >= 15 is 0 Å². The van der Waals surface area contributed by atoms with Gasteiger partial charge in [-0.15, -0.1) is 0 Å². The quantitative estimate of drug-likeness (QED) is 0.887. The molecule has 0 aromatic heterocycles. The van der Waals surface area contributed by atoms with Gasteiger partial charge in [0.1, 0.15) is 0 Å². The van der Waals surface area contributed by atoms with Crippen molar-refractivity contribution in [1.82, 2.24) is 5.32 Å². The Kier molecular flexibility index (Phi) is 5.06. The normalized spacial score (nSPS) is 22.7. The summed E-state index contributed by atoms with van der Waals surface area (Å²) < 4.78 is 30.3. The Hall–Kier alpha value is -1.60. The third-order valence-electron chi connectivity index (χ3n) is 5.30. The number of nitrogens with zero attached hydrogens (tertiary/aromatic N) is 1. The fourth-order valence-electron chi connectivity index (χ4n) is 3.76. The lowest BCUT2D eigenvalue weighted by Gasteiger charge is -2.32. The Morgan fingerprint density at radius 3 is 2.44 bits per heavy atom. The number of anilines is 1. The Morgan fingerprint density at radius 1 is 1.20 bits per heavy atom. The minimum atomic E-state index is -3.31. The summed E-state index contributed by atoms with van der Waals surface area (Å²) in [5, 5.41) is 3.05. The number of carbonyl (C=O) groups excluding carboxylic acids is 1. The lowest BCUT2D eigenvalue weighted by atomic mass is 9.82. The first-order valence-electron chi connectivity index (χ1n) is 8.78. The first-order valence-corrected chi connectivity index (χ1v) is 10.6. The first-order chi connectivity index (χ1) is 11.8. The van der Waals surface area contributed by atoms with Crippen LogP contribution in [0.4, 0.5) is 5.69 Å². The summed E-state index contributed by atoms with van der Waals surface area (Å²) in [5.41, 5.74) is 1.03. The monoisotopic (exact) mass is 366 g/mol. The molecule has 0 radical (unpaired) electrons. The summed E-state index contributed by atoms with van der Waals surface area (Å²) in [6.07, 6.45) is 7.89. The topological polar surface area (TPSA) is 75.7 Å². The van der Waals surface area contributed by atoms with Gasteiger partial charge in [-0.3, -0.25) is 9.10 Å². The van der Waals surface area contributed by atoms with E-state index in [-0.39, 0.29) is 17.6 Å². The molecule has 1 aromatic carbocycles. The van der Waals surface area contributed by atoms with E-state index in [1.165, 1.54) is 30.6 Å². The summed E-state index contributed by atoms with van der Waals surface area (Å²) >= 11 is 0. The summed E-state index contributed by atoms with van der Waals surface area (Å²) in [7, 11) is -1.82. The smallest absolute Gasteiger partial charge is 0.251 e. The van der Waals surface area contributed by atoms with Crippen LogP contribution in [0, 0.1) is 0 Å². The fraction of sp³-hybridized carbons (Fsp3) is 0.611. The lowest BCUT2D eigenvalue weighted by Crippen LogP contribution is -2.37. The summed E-state index contributed by atoms with van der Waals surface area (Å²) in [6, 6.07) is 6.63. The van der Waals surface area contributed by atoms with Gasteiger partial charge in [0.2, 0.25) is 10.0 Å². The van der Waals surface area contributed by atoms with E-state index in [2.05, 4.69) is 5.32 Å². The van der Waals surface area contributed by atoms with E-state index in [0.717, 1.165) is 25.5 Å². The standard InChI is InChI=1S/C18H26N2O4S/c1-20(25(2,22)23)16-8-6-14(7-9-16)17(21)19-15-12-18(24-13-15)10-4-3-5-11-18/h6-9,15H,3-5,10-13H2,1-2H3,(H,19,21)/t15-/m1/s1. The van der Waals surface area contributed by atoms with Crippen LogP contribution in [0.25, 0.3) is 0 Å². The molecule has 0 bridgehead atoms. The molecule has 1 amide bonds. The molecule has 25 heavy (non-hydrogen) atoms. The largest absolute Gasteiger partial charge is 0.373 e. The molecule has 1 aliphatic heterocycles. The average Bonchev–Trinajstić information content (AvgIpc) is 2.96. The van der Waals surface area contributed by atoms with Crippen LogP contribution in [-0.2, 0) is 14.8 Å². The molecule has 1 spiro atoms. The third kappa shape index (κ3) is 4.15. The number of sulfonamides is 1. The van der Waals surface area contributed by atoms with E-state index < -0.39 is 10.0 Å². The molecule has 2 fully saturated rings. The maximum Gasteiger partial charge on any atom is 0.251 e. The van der Waals surface area contributed by atoms with Crippen molar-refractivity contribution in [3.63, 3.8) is 0 Å². The zero-order chi connectivity index (χ0) is 18.1. The van der Waals surface area contributed by atoms with Gasteiger partial charge in [-0.2, -0.15) is 0 Å². The van der Waals surface area contributed by atoms with Gasteiger partial charge in [0, 0.05) is 12.6 Å². The van der Waals surface area contributed by atoms with Crippen molar-refractivity contribution in [2.75, 3.05) is 24.2 Å². The van der Waals surface area contributed by atoms with Crippen molar-refractivity contribution in [3.05, 3.63) is 29.8 Å². The number of benzene rings is 1. The molecule has 2 aliphatic rings. The van der Waals surface area contributed by atoms with E-state index in [1.54, 1.807) is 24.3 Å². The second-order valence-corrected chi connectivity index (χ2v) is 9.22. The van der Waals surface area contributed by atoms with Crippen molar-refractivity contribution >= 4 is 21.6 Å². The van der Waals surface area contributed by atoms with Crippen LogP contribution in [0.2, 0.25) is 0 Å². The number of hydrogen-bond donors (Lipinski definition) is 1. The average molecular weight is 366 g/mol. The van der Waals surface area contributed by atoms with Crippen LogP contribution in [0.15, 0.2) is 24.3 Å². The van der Waals surface area contributed by atoms with E-state index in [4.69, 9.17) is 4.74 Å². The summed E-state index contributed by atoms with van der Waals surface area (Å²) in [6.45, 7) is 0.570. The van der Waals surface area contributed by atoms with Gasteiger partial charge in [0.25, 0.3) is 5.91 Å². The molecule has 1 heterocycles. The molecule has 6 nitrogen and oxygen atoms in total. The zero-order valence-electron chi connectivity index (χ0n) is 14.8. The van der Waals surface area contributed by atoms with Crippen molar-refractivity contribution in [2.45, 2.75) is 50.2 Å². The highest BCUT2D eigenvalue weighted by Crippen LogP contribution is 2.39. The highest BCUT2D eigenvalue weighted by molar-refractivity contribution is 7.92. The molecule has 7 heteroatoms. The lowest BCUT2D eigenvalue weighted by molar-refractivity contribution is -0.0246. The molecule has 138 valence electrons. The van der Waals surface area contributed by atoms with Gasteiger partial charge in [-0.1, -0.05) is 19.3 Å². The predicted molar refractivity (Wildman–Crippen MR) is 97.3 cm³/mol. The molecular formula is C18H26N2O4S. The Labute approximate surface area is 149 Å². The Bertz CT molecular complexity index is 724. The molecule has 1 saturated carbocycles. The molecule has 1 aliphatic carbocycles. The number of rotatable bonds is 4. The third-order valence-corrected chi connectivity index (χ3v) is 6.51. The van der Waals surface area contributed by atoms with Crippen LogP contribution in [0.5, 0.6) is 0 Å². The highest BCUT2D eigenvalue weighted by Gasteiger charge is 2.41. The number of carbonyl (C=O) groups is 1. The molecular weight excluding hydrogens is 340 g/mol. The SMILES string of the molecule is CN(c1ccc(C(=O)N[C@H]2COC3(CCCCC3)C2)cc1)S(C)(=O)=O. The van der Waals surface area contributed by atoms with Crippen molar-refractivity contribution in [1.29, 1.82) is 0 Å². The van der Waals surface area contributed by atoms with E-state index in [1.807, 2.05) is 0 Å². The van der Waals surface area contributed by atoms with Crippen LogP contribution in [-0.4, -0.2) is 45.9 Å². The number of ether oxygens (including phenoxy) is 1. The van der Waals surface area contributed by atoms with Gasteiger partial charge in [0.15, 0.2) is 0 Å². The number of amides is 1. The fourth-order valence-corrected chi connectivity index (χ4v) is 4.27. The molecule has 1 atom stereocenters. The number of hydrogen-bond acceptors (Lipinski definition) is 4. The van der Waals surface area contributed by atoms with Crippen LogP contribution in [0.3, 0.4) is 0 Å². The summed E-state index contributed by atoms with van der Waals surface area (Å²) in [5.74, 6) is -0.144. The van der Waals surface area contributed by atoms with Gasteiger partial charge in [-0.05, 0) is 43.5 Å². The zero-order valence-corrected chi connectivity index (χ0v) is 15.6. The van der Waals surface area contributed by atoms with Crippen LogP contribution < -0.4 is 9.62 Å². The van der Waals surface area contributed by atoms with Gasteiger partial charge < -0.3 is 10.1 Å². The van der Waals surface area contributed by atoms with Crippen LogP contribution in [0.1, 0.15) is 48.9 Å². The minimum Gasteiger partial charge on any atom is -0.373 e. The van der Waals surface area contributed by atoms with Crippen molar-refractivity contribution in [3.8, 4) is 0 Å². The molecule has 1 saturated heterocycles. The van der Waals surface area contributed by atoms with Crippen molar-refractivity contribution in [2.24, 2.45) is 0 Å². The molecule has 1 N–H and O–H groups in total. The van der Waals surface area contributed by atoms with Gasteiger partial charge >= 0.3 is 0 Å². The second-order valence-electron chi connectivity index (χ2n) is 7.21. The van der Waals surface area contributed by atoms with E-state index in [9.17, 15) is 13.2 Å². The first kappa shape index (κ1) is 18.2. The Balaban J connectivity index is 1.60. The maximum absolute atomic E-state index is 12.5. The maximum atomic E-state index is 12.5. The van der Waals surface area contributed by atoms with Crippen LogP contribution >= 0.6 is 0 Å². The summed E-state index contributed by atoms with van der Waals surface area (Å²) in [4.78, 5) is 12.5. The molecule has 1 aromatic rings. The van der Waals surface area contributed by atoms with E-state index in [0.29, 0.717) is 17.9 Å². The predicted octanol–water partition coefficient (Wildman–Crippen LogP) is 2.30. The number of nitrogens with one attached hydrogen (secondary N) is 1. The van der Waals surface area contributed by atoms with Gasteiger partial charge in [-0.25, -0.2) is 8.42 Å². The van der Waals surface area contributed by atoms with Crippen molar-refractivity contribution < 1.29 is 17.9 Å². The van der Waals surface area contributed by atoms with Gasteiger partial charge in [0.05, 0.1) is 30.2 Å². The molecule has 0 unspecified atom stereocenters. The highest BCUT2D eigenvalue weighted by atomic mass is 32.2. The second kappa shape index (κ2) is 6.96. The Morgan fingerprint density at radius 2 is 1.84 bits per heavy atom. The molecule has 3 rings (SSSR count).